The maximum Gasteiger partial charge on any atom is 0.273 e. The summed E-state index contributed by atoms with van der Waals surface area (Å²) in [5.74, 6) is -0.0132. The first-order valence-corrected chi connectivity index (χ1v) is 7.19. The molecular weight excluding hydrogens is 258 g/mol. The minimum atomic E-state index is -0.0132. The largest absolute Gasteiger partial charge is 0.375 e. The number of fused-ring (bicyclic) bond motifs is 1. The lowest BCUT2D eigenvalue weighted by molar-refractivity contribution is 0.0758. The first-order chi connectivity index (χ1) is 9.24. The van der Waals surface area contributed by atoms with Crippen LogP contribution in [0.4, 0.5) is 5.13 Å². The third-order valence-electron chi connectivity index (χ3n) is 3.45. The molecule has 2 aromatic rings. The number of aromatic nitrogens is 1. The maximum atomic E-state index is 12.3. The number of benzene rings is 1. The van der Waals surface area contributed by atoms with Gasteiger partial charge < -0.3 is 10.6 Å². The van der Waals surface area contributed by atoms with Gasteiger partial charge >= 0.3 is 0 Å². The zero-order valence-electron chi connectivity index (χ0n) is 10.5. The van der Waals surface area contributed by atoms with Crippen LogP contribution < -0.4 is 5.73 Å². The van der Waals surface area contributed by atoms with Crippen molar-refractivity contribution in [1.29, 1.82) is 0 Å². The number of thiazole rings is 1. The van der Waals surface area contributed by atoms with Crippen LogP contribution in [0.25, 0.3) is 0 Å². The van der Waals surface area contributed by atoms with E-state index >= 15 is 0 Å². The molecule has 0 saturated heterocycles. The molecule has 3 rings (SSSR count). The van der Waals surface area contributed by atoms with E-state index in [9.17, 15) is 4.79 Å². The van der Waals surface area contributed by atoms with Crippen molar-refractivity contribution < 1.29 is 4.79 Å². The molecule has 2 heterocycles. The molecule has 0 aliphatic carbocycles. The molecule has 0 saturated carbocycles. The van der Waals surface area contributed by atoms with Gasteiger partial charge in [0.2, 0.25) is 0 Å². The van der Waals surface area contributed by atoms with Crippen LogP contribution in [0.5, 0.6) is 0 Å². The highest BCUT2D eigenvalue weighted by molar-refractivity contribution is 7.13. The van der Waals surface area contributed by atoms with Gasteiger partial charge in [-0.05, 0) is 24.0 Å². The number of carbonyl (C=O) groups excluding carboxylic acids is 1. The monoisotopic (exact) mass is 273 g/mol. The molecule has 4 nitrogen and oxygen atoms in total. The Hall–Kier alpha value is -1.88. The van der Waals surface area contributed by atoms with Crippen LogP contribution in [0, 0.1) is 0 Å². The number of hydrogen-bond donors (Lipinski definition) is 1. The van der Waals surface area contributed by atoms with Gasteiger partial charge in [0.05, 0.1) is 0 Å². The number of rotatable bonds is 1. The molecule has 0 radical (unpaired) electrons. The summed E-state index contributed by atoms with van der Waals surface area (Å²) in [6, 6.07) is 8.39. The normalized spacial score (nSPS) is 14.8. The number of nitrogens with zero attached hydrogens (tertiary/aromatic N) is 2. The molecule has 0 unspecified atom stereocenters. The van der Waals surface area contributed by atoms with Crippen molar-refractivity contribution in [1.82, 2.24) is 9.88 Å². The third kappa shape index (κ3) is 2.46. The van der Waals surface area contributed by atoms with Crippen molar-refractivity contribution in [2.45, 2.75) is 12.8 Å². The van der Waals surface area contributed by atoms with Crippen molar-refractivity contribution in [2.24, 2.45) is 0 Å². The van der Waals surface area contributed by atoms with E-state index in [-0.39, 0.29) is 5.91 Å². The van der Waals surface area contributed by atoms with Gasteiger partial charge in [-0.3, -0.25) is 4.79 Å². The summed E-state index contributed by atoms with van der Waals surface area (Å²) >= 11 is 1.31. The van der Waals surface area contributed by atoms with E-state index in [2.05, 4.69) is 29.2 Å². The van der Waals surface area contributed by atoms with Gasteiger partial charge in [0, 0.05) is 18.5 Å². The number of anilines is 1. The number of amides is 1. The molecule has 1 aromatic heterocycles. The highest BCUT2D eigenvalue weighted by atomic mass is 32.1. The second kappa shape index (κ2) is 5.01. The predicted octanol–water partition coefficient (Wildman–Crippen LogP) is 1.97. The number of nitrogen functional groups attached to an aromatic ring is 1. The second-order valence-electron chi connectivity index (χ2n) is 4.63. The molecule has 1 aromatic carbocycles. The average Bonchev–Trinajstić information content (AvgIpc) is 2.74. The Bertz CT molecular complexity index is 581. The Kier molecular flexibility index (Phi) is 3.21. The van der Waals surface area contributed by atoms with Crippen molar-refractivity contribution in [3.8, 4) is 0 Å². The quantitative estimate of drug-likeness (QED) is 0.864. The molecule has 5 heteroatoms. The molecule has 98 valence electrons. The summed E-state index contributed by atoms with van der Waals surface area (Å²) in [5, 5.41) is 2.18. The first kappa shape index (κ1) is 12.2. The lowest BCUT2D eigenvalue weighted by atomic mass is 10.0. The van der Waals surface area contributed by atoms with E-state index in [0.29, 0.717) is 10.8 Å². The Morgan fingerprint density at radius 1 is 1.21 bits per heavy atom. The Morgan fingerprint density at radius 2 is 1.84 bits per heavy atom. The number of hydrogen-bond acceptors (Lipinski definition) is 4. The minimum Gasteiger partial charge on any atom is -0.375 e. The highest BCUT2D eigenvalue weighted by Gasteiger charge is 2.21. The van der Waals surface area contributed by atoms with Crippen molar-refractivity contribution in [3.63, 3.8) is 0 Å². The summed E-state index contributed by atoms with van der Waals surface area (Å²) < 4.78 is 0. The molecule has 1 aliphatic heterocycles. The van der Waals surface area contributed by atoms with E-state index in [0.717, 1.165) is 25.9 Å². The van der Waals surface area contributed by atoms with E-state index in [1.54, 1.807) is 5.38 Å². The first-order valence-electron chi connectivity index (χ1n) is 6.31. The predicted molar refractivity (Wildman–Crippen MR) is 76.3 cm³/mol. The minimum absolute atomic E-state index is 0.0132. The molecular formula is C14H15N3OS. The number of nitrogens with two attached hydrogens (primary N) is 1. The van der Waals surface area contributed by atoms with Crippen LogP contribution in [-0.2, 0) is 12.8 Å². The fraction of sp³-hybridized carbons (Fsp3) is 0.286. The summed E-state index contributed by atoms with van der Waals surface area (Å²) in [6.07, 6.45) is 1.81. The van der Waals surface area contributed by atoms with E-state index in [4.69, 9.17) is 5.73 Å². The van der Waals surface area contributed by atoms with Crippen LogP contribution in [0.2, 0.25) is 0 Å². The summed E-state index contributed by atoms with van der Waals surface area (Å²) in [6.45, 7) is 1.49. The van der Waals surface area contributed by atoms with E-state index < -0.39 is 0 Å². The molecule has 0 fully saturated rings. The van der Waals surface area contributed by atoms with Gasteiger partial charge in [0.15, 0.2) is 5.13 Å². The van der Waals surface area contributed by atoms with Crippen LogP contribution in [0.3, 0.4) is 0 Å². The van der Waals surface area contributed by atoms with Crippen LogP contribution in [0.1, 0.15) is 21.6 Å². The van der Waals surface area contributed by atoms with Crippen molar-refractivity contribution in [2.75, 3.05) is 18.8 Å². The fourth-order valence-electron chi connectivity index (χ4n) is 2.42. The topological polar surface area (TPSA) is 59.2 Å². The van der Waals surface area contributed by atoms with E-state index in [1.165, 1.54) is 22.5 Å². The third-order valence-corrected chi connectivity index (χ3v) is 4.12. The number of carbonyl (C=O) groups is 1. The second-order valence-corrected chi connectivity index (χ2v) is 5.52. The fourth-order valence-corrected chi connectivity index (χ4v) is 2.96. The maximum absolute atomic E-state index is 12.3. The molecule has 1 amide bonds. The Morgan fingerprint density at radius 3 is 2.37 bits per heavy atom. The van der Waals surface area contributed by atoms with Gasteiger partial charge in [0.25, 0.3) is 5.91 Å². The molecule has 1 aliphatic rings. The van der Waals surface area contributed by atoms with Gasteiger partial charge in [-0.1, -0.05) is 24.3 Å². The zero-order valence-corrected chi connectivity index (χ0v) is 11.3. The van der Waals surface area contributed by atoms with Gasteiger partial charge in [-0.2, -0.15) is 0 Å². The molecule has 0 spiro atoms. The molecule has 2 N–H and O–H groups in total. The highest BCUT2D eigenvalue weighted by Crippen LogP contribution is 2.18. The lowest BCUT2D eigenvalue weighted by Gasteiger charge is -2.18. The van der Waals surface area contributed by atoms with Crippen LogP contribution >= 0.6 is 11.3 Å². The van der Waals surface area contributed by atoms with Crippen molar-refractivity contribution in [3.05, 3.63) is 46.5 Å². The van der Waals surface area contributed by atoms with Gasteiger partial charge in [-0.15, -0.1) is 11.3 Å². The van der Waals surface area contributed by atoms with Crippen molar-refractivity contribution >= 4 is 22.4 Å². The molecule has 19 heavy (non-hydrogen) atoms. The smallest absolute Gasteiger partial charge is 0.273 e. The SMILES string of the molecule is Nc1nc(C(=O)N2CCc3ccccc3CC2)cs1. The Labute approximate surface area is 115 Å². The van der Waals surface area contributed by atoms with Crippen LogP contribution in [-0.4, -0.2) is 28.9 Å². The summed E-state index contributed by atoms with van der Waals surface area (Å²) in [5.41, 5.74) is 8.73. The van der Waals surface area contributed by atoms with Crippen LogP contribution in [0.15, 0.2) is 29.6 Å². The Balaban J connectivity index is 1.77. The zero-order chi connectivity index (χ0) is 13.2. The molecule has 0 bridgehead atoms. The van der Waals surface area contributed by atoms with Gasteiger partial charge in [0.1, 0.15) is 5.69 Å². The standard InChI is InChI=1S/C14H15N3OS/c15-14-16-12(9-19-14)13(18)17-7-5-10-3-1-2-4-11(10)6-8-17/h1-4,9H,5-8H2,(H2,15,16). The van der Waals surface area contributed by atoms with E-state index in [1.807, 2.05) is 4.90 Å². The summed E-state index contributed by atoms with van der Waals surface area (Å²) in [7, 11) is 0. The van der Waals surface area contributed by atoms with Gasteiger partial charge in [-0.25, -0.2) is 4.98 Å². The molecule has 0 atom stereocenters. The lowest BCUT2D eigenvalue weighted by Crippen LogP contribution is -2.33. The average molecular weight is 273 g/mol. The summed E-state index contributed by atoms with van der Waals surface area (Å²) in [4.78, 5) is 18.3.